The molecule has 34 heavy (non-hydrogen) atoms. The van der Waals surface area contributed by atoms with Gasteiger partial charge < -0.3 is 9.47 Å². The van der Waals surface area contributed by atoms with Gasteiger partial charge in [-0.1, -0.05) is 29.8 Å². The highest BCUT2D eigenvalue weighted by Crippen LogP contribution is 2.30. The fourth-order valence-electron chi connectivity index (χ4n) is 3.21. The van der Waals surface area contributed by atoms with Gasteiger partial charge in [-0.3, -0.25) is 14.9 Å². The van der Waals surface area contributed by atoms with Crippen molar-refractivity contribution in [1.82, 2.24) is 5.43 Å². The Morgan fingerprint density at radius 2 is 1.88 bits per heavy atom. The van der Waals surface area contributed by atoms with E-state index in [1.165, 1.54) is 35.2 Å². The minimum atomic E-state index is -0.464. The van der Waals surface area contributed by atoms with E-state index in [1.54, 1.807) is 37.4 Å². The Labute approximate surface area is 199 Å². The quantitative estimate of drug-likeness (QED) is 0.207. The lowest BCUT2D eigenvalue weighted by molar-refractivity contribution is -0.384. The van der Waals surface area contributed by atoms with Gasteiger partial charge in [0.1, 0.15) is 6.61 Å². The average molecular weight is 476 g/mol. The molecule has 4 aromatic rings. The van der Waals surface area contributed by atoms with Gasteiger partial charge in [0.05, 0.1) is 23.1 Å². The number of hydrogen-bond acceptors (Lipinski definition) is 7. The molecule has 0 atom stereocenters. The summed E-state index contributed by atoms with van der Waals surface area (Å²) in [4.78, 5) is 23.3. The fourth-order valence-corrected chi connectivity index (χ4v) is 4.14. The summed E-state index contributed by atoms with van der Waals surface area (Å²) in [7, 11) is 1.56. The summed E-state index contributed by atoms with van der Waals surface area (Å²) < 4.78 is 12.1. The summed E-state index contributed by atoms with van der Waals surface area (Å²) in [5.74, 6) is 0.752. The standard InChI is InChI=1S/C25H21N3O5S/c1-16-3-5-17(6-4-16)15-33-21-9-7-18(11-22(21)32-2)14-26-27-25(29)24-13-19-12-20(28(30)31)8-10-23(19)34-24/h3-14H,15H2,1-2H3,(H,27,29)/b26-14-. The van der Waals surface area contributed by atoms with Crippen molar-refractivity contribution in [3.63, 3.8) is 0 Å². The summed E-state index contributed by atoms with van der Waals surface area (Å²) >= 11 is 1.24. The van der Waals surface area contributed by atoms with Crippen LogP contribution in [0, 0.1) is 17.0 Å². The largest absolute Gasteiger partial charge is 0.493 e. The monoisotopic (exact) mass is 475 g/mol. The zero-order valence-electron chi connectivity index (χ0n) is 18.5. The molecule has 0 spiro atoms. The highest BCUT2D eigenvalue weighted by atomic mass is 32.1. The number of methoxy groups -OCH3 is 1. The van der Waals surface area contributed by atoms with Crippen LogP contribution in [-0.2, 0) is 6.61 Å². The zero-order valence-corrected chi connectivity index (χ0v) is 19.3. The van der Waals surface area contributed by atoms with Crippen LogP contribution in [0.5, 0.6) is 11.5 Å². The molecule has 1 amide bonds. The van der Waals surface area contributed by atoms with E-state index < -0.39 is 10.8 Å². The third-order valence-electron chi connectivity index (χ3n) is 5.02. The summed E-state index contributed by atoms with van der Waals surface area (Å²) in [5.41, 5.74) is 5.42. The number of hydrogen-bond donors (Lipinski definition) is 1. The highest BCUT2D eigenvalue weighted by molar-refractivity contribution is 7.20. The third kappa shape index (κ3) is 5.38. The molecular formula is C25H21N3O5S. The Balaban J connectivity index is 1.40. The number of thiophene rings is 1. The van der Waals surface area contributed by atoms with Gasteiger partial charge in [0.15, 0.2) is 11.5 Å². The molecule has 0 radical (unpaired) electrons. The number of ether oxygens (including phenoxy) is 2. The molecule has 1 aromatic heterocycles. The third-order valence-corrected chi connectivity index (χ3v) is 6.13. The van der Waals surface area contributed by atoms with Crippen molar-refractivity contribution in [2.45, 2.75) is 13.5 Å². The van der Waals surface area contributed by atoms with E-state index in [9.17, 15) is 14.9 Å². The Morgan fingerprint density at radius 1 is 1.09 bits per heavy atom. The van der Waals surface area contributed by atoms with Gasteiger partial charge in [0.2, 0.25) is 0 Å². The lowest BCUT2D eigenvalue weighted by Crippen LogP contribution is -2.16. The second-order valence-corrected chi connectivity index (χ2v) is 8.56. The first-order valence-corrected chi connectivity index (χ1v) is 11.1. The van der Waals surface area contributed by atoms with Crippen LogP contribution in [-0.4, -0.2) is 24.2 Å². The van der Waals surface area contributed by atoms with Crippen LogP contribution in [0.1, 0.15) is 26.4 Å². The number of carbonyl (C=O) groups is 1. The summed E-state index contributed by atoms with van der Waals surface area (Å²) in [6.45, 7) is 2.45. The van der Waals surface area contributed by atoms with Crippen molar-refractivity contribution in [3.8, 4) is 11.5 Å². The van der Waals surface area contributed by atoms with Crippen LogP contribution >= 0.6 is 11.3 Å². The van der Waals surface area contributed by atoms with Crippen LogP contribution in [0.4, 0.5) is 5.69 Å². The number of aryl methyl sites for hydroxylation is 1. The average Bonchev–Trinajstić information content (AvgIpc) is 3.27. The smallest absolute Gasteiger partial charge is 0.281 e. The van der Waals surface area contributed by atoms with Crippen molar-refractivity contribution < 1.29 is 19.2 Å². The highest BCUT2D eigenvalue weighted by Gasteiger charge is 2.13. The molecule has 3 aromatic carbocycles. The predicted octanol–water partition coefficient (Wildman–Crippen LogP) is 5.47. The van der Waals surface area contributed by atoms with Crippen LogP contribution < -0.4 is 14.9 Å². The number of fused-ring (bicyclic) bond motifs is 1. The topological polar surface area (TPSA) is 103 Å². The first-order chi connectivity index (χ1) is 16.4. The molecule has 0 saturated heterocycles. The van der Waals surface area contributed by atoms with Crippen molar-refractivity contribution in [2.24, 2.45) is 5.10 Å². The van der Waals surface area contributed by atoms with Gasteiger partial charge in [-0.15, -0.1) is 11.3 Å². The molecule has 1 N–H and O–H groups in total. The number of rotatable bonds is 8. The Morgan fingerprint density at radius 3 is 2.62 bits per heavy atom. The van der Waals surface area contributed by atoms with E-state index in [2.05, 4.69) is 10.5 Å². The van der Waals surface area contributed by atoms with Gasteiger partial charge >= 0.3 is 0 Å². The van der Waals surface area contributed by atoms with Gasteiger partial charge in [-0.05, 0) is 48.4 Å². The SMILES string of the molecule is COc1cc(/C=N\NC(=O)c2cc3cc([N+](=O)[O-])ccc3s2)ccc1OCc1ccc(C)cc1. The Bertz CT molecular complexity index is 1380. The number of hydrazone groups is 1. The number of non-ortho nitro benzene ring substituents is 1. The minimum Gasteiger partial charge on any atom is -0.493 e. The summed E-state index contributed by atoms with van der Waals surface area (Å²) in [6.07, 6.45) is 1.50. The number of benzene rings is 3. The normalized spacial score (nSPS) is 11.0. The Hall–Kier alpha value is -4.24. The van der Waals surface area contributed by atoms with E-state index in [0.717, 1.165) is 10.3 Å². The molecule has 8 nitrogen and oxygen atoms in total. The van der Waals surface area contributed by atoms with E-state index in [0.29, 0.717) is 33.9 Å². The zero-order chi connectivity index (χ0) is 24.1. The van der Waals surface area contributed by atoms with E-state index in [4.69, 9.17) is 9.47 Å². The molecule has 4 rings (SSSR count). The maximum Gasteiger partial charge on any atom is 0.281 e. The number of nitro benzene ring substituents is 1. The van der Waals surface area contributed by atoms with Crippen molar-refractivity contribution >= 4 is 39.2 Å². The van der Waals surface area contributed by atoms with Gasteiger partial charge in [-0.25, -0.2) is 5.43 Å². The predicted molar refractivity (Wildman–Crippen MR) is 132 cm³/mol. The number of nitrogens with one attached hydrogen (secondary N) is 1. The number of nitro groups is 1. The molecule has 0 unspecified atom stereocenters. The van der Waals surface area contributed by atoms with Crippen LogP contribution in [0.25, 0.3) is 10.1 Å². The van der Waals surface area contributed by atoms with E-state index >= 15 is 0 Å². The number of amides is 1. The van der Waals surface area contributed by atoms with E-state index in [-0.39, 0.29) is 5.69 Å². The molecule has 9 heteroatoms. The fraction of sp³-hybridized carbons (Fsp3) is 0.120. The molecule has 172 valence electrons. The summed E-state index contributed by atoms with van der Waals surface area (Å²) in [6, 6.07) is 19.6. The first kappa shape index (κ1) is 22.9. The first-order valence-electron chi connectivity index (χ1n) is 10.3. The molecule has 0 saturated carbocycles. The van der Waals surface area contributed by atoms with Gasteiger partial charge in [0, 0.05) is 22.2 Å². The molecule has 1 heterocycles. The molecule has 0 aliphatic carbocycles. The van der Waals surface area contributed by atoms with Crippen molar-refractivity contribution in [3.05, 3.63) is 98.4 Å². The van der Waals surface area contributed by atoms with Crippen LogP contribution in [0.15, 0.2) is 71.8 Å². The van der Waals surface area contributed by atoms with Gasteiger partial charge in [0.25, 0.3) is 11.6 Å². The molecule has 0 aliphatic heterocycles. The van der Waals surface area contributed by atoms with Crippen molar-refractivity contribution in [1.29, 1.82) is 0 Å². The molecule has 0 fully saturated rings. The van der Waals surface area contributed by atoms with Gasteiger partial charge in [-0.2, -0.15) is 5.10 Å². The summed E-state index contributed by atoms with van der Waals surface area (Å²) in [5, 5.41) is 15.6. The lowest BCUT2D eigenvalue weighted by Gasteiger charge is -2.11. The Kier molecular flexibility index (Phi) is 6.84. The van der Waals surface area contributed by atoms with Crippen LogP contribution in [0.3, 0.4) is 0 Å². The molecule has 0 aliphatic rings. The number of carbonyl (C=O) groups excluding carboxylic acids is 1. The van der Waals surface area contributed by atoms with Crippen LogP contribution in [0.2, 0.25) is 0 Å². The molecule has 0 bridgehead atoms. The molecular weight excluding hydrogens is 454 g/mol. The maximum absolute atomic E-state index is 12.4. The van der Waals surface area contributed by atoms with E-state index in [1.807, 2.05) is 31.2 Å². The lowest BCUT2D eigenvalue weighted by atomic mass is 10.2. The second-order valence-electron chi connectivity index (χ2n) is 7.47. The van der Waals surface area contributed by atoms with Crippen molar-refractivity contribution in [2.75, 3.05) is 7.11 Å². The minimum absolute atomic E-state index is 0.0180. The second kappa shape index (κ2) is 10.1. The number of nitrogens with zero attached hydrogens (tertiary/aromatic N) is 2. The maximum atomic E-state index is 12.4.